The molecule has 3 aliphatic rings. The number of fused-ring (bicyclic) bond motifs is 1. The van der Waals surface area contributed by atoms with Crippen LogP contribution in [-0.4, -0.2) is 90.3 Å². The molecule has 5 atom stereocenters. The Morgan fingerprint density at radius 1 is 1.17 bits per heavy atom. The van der Waals surface area contributed by atoms with Gasteiger partial charge in [-0.3, -0.25) is 19.1 Å². The van der Waals surface area contributed by atoms with E-state index >= 15 is 0 Å². The highest BCUT2D eigenvalue weighted by Gasteiger charge is 2.62. The molecule has 0 bridgehead atoms. The Kier molecular flexibility index (Phi) is 9.14. The van der Waals surface area contributed by atoms with E-state index in [9.17, 15) is 27.6 Å². The molecule has 1 aromatic heterocycles. The van der Waals surface area contributed by atoms with Crippen molar-refractivity contribution in [2.45, 2.75) is 88.0 Å². The molecule has 0 spiro atoms. The van der Waals surface area contributed by atoms with Crippen LogP contribution in [0.15, 0.2) is 43.1 Å². The quantitative estimate of drug-likeness (QED) is 0.300. The van der Waals surface area contributed by atoms with Crippen molar-refractivity contribution in [3.05, 3.63) is 43.1 Å². The van der Waals surface area contributed by atoms with Crippen LogP contribution in [0.3, 0.4) is 0 Å². The molecule has 1 saturated heterocycles. The van der Waals surface area contributed by atoms with Crippen molar-refractivity contribution in [3.8, 4) is 11.6 Å². The number of pyridine rings is 1. The van der Waals surface area contributed by atoms with Gasteiger partial charge in [0.1, 0.15) is 35.1 Å². The molecule has 3 fully saturated rings. The number of amides is 4. The van der Waals surface area contributed by atoms with E-state index < -0.39 is 74.3 Å². The molecule has 47 heavy (non-hydrogen) atoms. The van der Waals surface area contributed by atoms with Crippen molar-refractivity contribution in [3.63, 3.8) is 0 Å². The predicted octanol–water partition coefficient (Wildman–Crippen LogP) is 2.17. The first-order valence-electron chi connectivity index (χ1n) is 15.5. The largest absolute Gasteiger partial charge is 0.497 e. The van der Waals surface area contributed by atoms with E-state index in [-0.39, 0.29) is 19.4 Å². The highest BCUT2D eigenvalue weighted by Crippen LogP contribution is 2.45. The third-order valence-electron chi connectivity index (χ3n) is 8.41. The van der Waals surface area contributed by atoms with E-state index in [1.807, 2.05) is 6.07 Å². The number of sulfonamides is 1. The van der Waals surface area contributed by atoms with Gasteiger partial charge in [0.25, 0.3) is 5.91 Å². The second-order valence-electron chi connectivity index (χ2n) is 13.2. The third kappa shape index (κ3) is 7.45. The van der Waals surface area contributed by atoms with Crippen molar-refractivity contribution in [1.29, 1.82) is 0 Å². The van der Waals surface area contributed by atoms with Gasteiger partial charge in [-0.25, -0.2) is 18.2 Å². The minimum absolute atomic E-state index is 0.0295. The fourth-order valence-corrected chi connectivity index (χ4v) is 7.06. The summed E-state index contributed by atoms with van der Waals surface area (Å²) in [7, 11) is -2.32. The lowest BCUT2D eigenvalue weighted by molar-refractivity contribution is -0.140. The molecular weight excluding hydrogens is 630 g/mol. The normalized spacial score (nSPS) is 24.5. The van der Waals surface area contributed by atoms with Crippen molar-refractivity contribution in [1.82, 2.24) is 25.2 Å². The lowest BCUT2D eigenvalue weighted by atomic mass is 10.1. The second kappa shape index (κ2) is 12.7. The van der Waals surface area contributed by atoms with Gasteiger partial charge in [0.15, 0.2) is 0 Å². The van der Waals surface area contributed by atoms with Crippen LogP contribution in [0.1, 0.15) is 53.4 Å². The first-order chi connectivity index (χ1) is 22.1. The molecule has 15 heteroatoms. The van der Waals surface area contributed by atoms with Gasteiger partial charge in [0.05, 0.1) is 18.9 Å². The number of methoxy groups -OCH3 is 1. The second-order valence-corrected chi connectivity index (χ2v) is 15.2. The molecule has 2 saturated carbocycles. The molecule has 2 aliphatic carbocycles. The van der Waals surface area contributed by atoms with Crippen LogP contribution in [0.25, 0.3) is 10.8 Å². The van der Waals surface area contributed by atoms with Crippen LogP contribution >= 0.6 is 0 Å². The summed E-state index contributed by atoms with van der Waals surface area (Å²) in [5.74, 6) is -1.67. The summed E-state index contributed by atoms with van der Waals surface area (Å²) in [6.45, 7) is 10.2. The topological polar surface area (TPSA) is 182 Å². The fourth-order valence-electron chi connectivity index (χ4n) is 5.70. The van der Waals surface area contributed by atoms with Gasteiger partial charge in [-0.05, 0) is 76.6 Å². The molecule has 2 aromatic rings. The zero-order chi connectivity index (χ0) is 34.3. The van der Waals surface area contributed by atoms with Crippen LogP contribution in [0.2, 0.25) is 0 Å². The van der Waals surface area contributed by atoms with Crippen LogP contribution in [-0.2, 0) is 29.1 Å². The Balaban J connectivity index is 1.38. The molecule has 254 valence electrons. The number of hydrogen-bond donors (Lipinski definition) is 3. The van der Waals surface area contributed by atoms with Gasteiger partial charge >= 0.3 is 6.09 Å². The molecule has 5 unspecified atom stereocenters. The summed E-state index contributed by atoms with van der Waals surface area (Å²) in [6.07, 6.45) is 2.66. The Morgan fingerprint density at radius 2 is 1.89 bits per heavy atom. The number of alkyl carbamates (subject to hydrolysis) is 1. The first-order valence-corrected chi connectivity index (χ1v) is 17.0. The number of likely N-dealkylation sites (tertiary alicyclic amines) is 1. The summed E-state index contributed by atoms with van der Waals surface area (Å²) in [6, 6.07) is 4.99. The number of rotatable bonds is 11. The fraction of sp³-hybridized carbons (Fsp3) is 0.531. The smallest absolute Gasteiger partial charge is 0.408 e. The summed E-state index contributed by atoms with van der Waals surface area (Å²) in [5.41, 5.74) is -2.34. The lowest BCUT2D eigenvalue weighted by Gasteiger charge is -2.29. The number of ether oxygens (including phenoxy) is 3. The summed E-state index contributed by atoms with van der Waals surface area (Å²) in [5, 5.41) is 6.12. The number of benzene rings is 1. The molecule has 5 rings (SSSR count). The average Bonchev–Trinajstić information content (AvgIpc) is 3.92. The Hall–Kier alpha value is -4.40. The summed E-state index contributed by atoms with van der Waals surface area (Å²) >= 11 is 0. The van der Waals surface area contributed by atoms with E-state index in [1.165, 1.54) is 17.9 Å². The van der Waals surface area contributed by atoms with Gasteiger partial charge in [-0.2, -0.15) is 0 Å². The van der Waals surface area contributed by atoms with Gasteiger partial charge in [0.2, 0.25) is 27.7 Å². The maximum absolute atomic E-state index is 13.9. The number of aromatic nitrogens is 1. The standard InChI is InChI=1S/C32H41N5O9S/c1-7-20-16-32(20,29(40)36-47(42,43)23-9-10-23)35-26(38)25-15-22(17-37(25)28(39)18(2)34-30(41)46-31(3,4)5)45-27-24-11-8-21(44-6)14-19(24)12-13-33-27/h7-8,11-14,18,20,22-23,25H,1,9-10,15-17H2,2-6H3,(H,34,41)(H,35,38)(H,36,40). The minimum Gasteiger partial charge on any atom is -0.497 e. The minimum atomic E-state index is -3.88. The maximum atomic E-state index is 13.9. The highest BCUT2D eigenvalue weighted by molar-refractivity contribution is 7.91. The molecule has 1 aromatic carbocycles. The Bertz CT molecular complexity index is 1700. The molecular formula is C32H41N5O9S. The third-order valence-corrected chi connectivity index (χ3v) is 10.2. The maximum Gasteiger partial charge on any atom is 0.408 e. The zero-order valence-corrected chi connectivity index (χ0v) is 27.9. The molecule has 1 aliphatic heterocycles. The molecule has 3 N–H and O–H groups in total. The van der Waals surface area contributed by atoms with E-state index in [1.54, 1.807) is 52.3 Å². The van der Waals surface area contributed by atoms with E-state index in [4.69, 9.17) is 14.2 Å². The van der Waals surface area contributed by atoms with Gasteiger partial charge in [-0.1, -0.05) is 6.08 Å². The Labute approximate surface area is 273 Å². The number of hydrogen-bond acceptors (Lipinski definition) is 10. The zero-order valence-electron chi connectivity index (χ0n) is 27.1. The predicted molar refractivity (Wildman–Crippen MR) is 171 cm³/mol. The highest BCUT2D eigenvalue weighted by atomic mass is 32.2. The van der Waals surface area contributed by atoms with Gasteiger partial charge in [0, 0.05) is 23.9 Å². The van der Waals surface area contributed by atoms with Crippen LogP contribution in [0.4, 0.5) is 4.79 Å². The van der Waals surface area contributed by atoms with Crippen LogP contribution < -0.4 is 24.8 Å². The van der Waals surface area contributed by atoms with Crippen LogP contribution in [0.5, 0.6) is 11.6 Å². The summed E-state index contributed by atoms with van der Waals surface area (Å²) in [4.78, 5) is 59.1. The van der Waals surface area contributed by atoms with Gasteiger partial charge < -0.3 is 29.7 Å². The van der Waals surface area contributed by atoms with E-state index in [0.717, 1.165) is 5.39 Å². The van der Waals surface area contributed by atoms with Crippen molar-refractivity contribution >= 4 is 44.6 Å². The van der Waals surface area contributed by atoms with E-state index in [0.29, 0.717) is 29.9 Å². The van der Waals surface area contributed by atoms with Crippen molar-refractivity contribution in [2.75, 3.05) is 13.7 Å². The monoisotopic (exact) mass is 671 g/mol. The first kappa shape index (κ1) is 33.9. The average molecular weight is 672 g/mol. The Morgan fingerprint density at radius 3 is 2.51 bits per heavy atom. The molecule has 2 heterocycles. The van der Waals surface area contributed by atoms with E-state index in [2.05, 4.69) is 26.9 Å². The molecule has 14 nitrogen and oxygen atoms in total. The SMILES string of the molecule is C=CC1CC1(NC(=O)C1CC(Oc2nccc3cc(OC)ccc23)CN1C(=O)C(C)NC(=O)OC(C)(C)C)C(=O)NS(=O)(=O)C1CC1. The number of nitrogens with zero attached hydrogens (tertiary/aromatic N) is 2. The molecule has 4 amide bonds. The van der Waals surface area contributed by atoms with Crippen molar-refractivity contribution in [2.24, 2.45) is 5.92 Å². The lowest BCUT2D eigenvalue weighted by Crippen LogP contribution is -2.58. The number of nitrogens with one attached hydrogen (secondary N) is 3. The van der Waals surface area contributed by atoms with Crippen LogP contribution in [0, 0.1) is 5.92 Å². The molecule has 0 radical (unpaired) electrons. The van der Waals surface area contributed by atoms with Gasteiger partial charge in [-0.15, -0.1) is 6.58 Å². The number of carbonyl (C=O) groups is 4. The summed E-state index contributed by atoms with van der Waals surface area (Å²) < 4.78 is 44.1. The van der Waals surface area contributed by atoms with Crippen molar-refractivity contribution < 1.29 is 41.8 Å². The number of carbonyl (C=O) groups excluding carboxylic acids is 4.